The second kappa shape index (κ2) is 9.65. The molecule has 0 atom stereocenters. The van der Waals surface area contributed by atoms with Crippen molar-refractivity contribution in [3.05, 3.63) is 57.7 Å². The van der Waals surface area contributed by atoms with Crippen molar-refractivity contribution in [2.75, 3.05) is 25.6 Å². The summed E-state index contributed by atoms with van der Waals surface area (Å²) in [5.41, 5.74) is 2.54. The molecule has 1 saturated heterocycles. The van der Waals surface area contributed by atoms with Crippen molar-refractivity contribution < 1.29 is 23.9 Å². The van der Waals surface area contributed by atoms with Gasteiger partial charge in [-0.25, -0.2) is 4.79 Å². The van der Waals surface area contributed by atoms with Crippen LogP contribution in [0.15, 0.2) is 46.6 Å². The molecule has 0 bridgehead atoms. The third kappa shape index (κ3) is 5.43. The van der Waals surface area contributed by atoms with Gasteiger partial charge in [0, 0.05) is 17.2 Å². The predicted octanol–water partition coefficient (Wildman–Crippen LogP) is 3.70. The van der Waals surface area contributed by atoms with E-state index in [1.54, 1.807) is 18.2 Å². The van der Waals surface area contributed by atoms with Crippen LogP contribution in [0.25, 0.3) is 6.08 Å². The van der Waals surface area contributed by atoms with Gasteiger partial charge in [0.05, 0.1) is 6.61 Å². The summed E-state index contributed by atoms with van der Waals surface area (Å²) >= 11 is 3.44. The Kier molecular flexibility index (Phi) is 6.96. The van der Waals surface area contributed by atoms with Gasteiger partial charge in [-0.1, -0.05) is 33.6 Å². The largest absolute Gasteiger partial charge is 0.490 e. The minimum atomic E-state index is -0.489. The molecule has 2 N–H and O–H groups in total. The van der Waals surface area contributed by atoms with Crippen LogP contribution in [-0.2, 0) is 9.59 Å². The predicted molar refractivity (Wildman–Crippen MR) is 120 cm³/mol. The summed E-state index contributed by atoms with van der Waals surface area (Å²) in [6.45, 7) is 3.96. The fourth-order valence-electron chi connectivity index (χ4n) is 2.80. The molecule has 0 aromatic heterocycles. The van der Waals surface area contributed by atoms with Crippen molar-refractivity contribution in [2.45, 2.75) is 13.8 Å². The number of halogens is 1. The standard InChI is InChI=1S/C22H22BrN3O5/c1-4-30-18-10-14(9-17-21(28)26(3)22(29)25-17)16(23)11-19(18)31-12-20(27)24-15-7-5-13(2)6-8-15/h5-11H,4,12H2,1-3H3,(H,24,27)(H,25,29)/b17-9+. The third-order valence-electron chi connectivity index (χ3n) is 4.44. The average molecular weight is 488 g/mol. The molecule has 0 unspecified atom stereocenters. The van der Waals surface area contributed by atoms with Gasteiger partial charge in [-0.15, -0.1) is 0 Å². The first-order valence-electron chi connectivity index (χ1n) is 9.55. The summed E-state index contributed by atoms with van der Waals surface area (Å²) in [4.78, 5) is 37.0. The Morgan fingerprint density at radius 1 is 1.16 bits per heavy atom. The zero-order chi connectivity index (χ0) is 22.5. The highest BCUT2D eigenvalue weighted by molar-refractivity contribution is 9.10. The van der Waals surface area contributed by atoms with Crippen LogP contribution in [0.2, 0.25) is 0 Å². The number of anilines is 1. The Bertz CT molecular complexity index is 1050. The average Bonchev–Trinajstić information content (AvgIpc) is 2.97. The summed E-state index contributed by atoms with van der Waals surface area (Å²) in [5, 5.41) is 5.28. The van der Waals surface area contributed by atoms with Gasteiger partial charge in [0.1, 0.15) is 5.70 Å². The van der Waals surface area contributed by atoms with Gasteiger partial charge in [0.15, 0.2) is 18.1 Å². The number of urea groups is 1. The van der Waals surface area contributed by atoms with E-state index in [0.717, 1.165) is 10.5 Å². The maximum atomic E-state index is 12.2. The molecule has 1 heterocycles. The van der Waals surface area contributed by atoms with E-state index in [1.807, 2.05) is 38.1 Å². The summed E-state index contributed by atoms with van der Waals surface area (Å²) < 4.78 is 11.9. The van der Waals surface area contributed by atoms with Crippen molar-refractivity contribution in [1.29, 1.82) is 0 Å². The molecular formula is C22H22BrN3O5. The third-order valence-corrected chi connectivity index (χ3v) is 5.12. The first-order valence-corrected chi connectivity index (χ1v) is 10.3. The topological polar surface area (TPSA) is 97.0 Å². The smallest absolute Gasteiger partial charge is 0.328 e. The lowest BCUT2D eigenvalue weighted by Gasteiger charge is -2.14. The molecule has 2 aromatic rings. The van der Waals surface area contributed by atoms with Crippen LogP contribution < -0.4 is 20.1 Å². The number of ether oxygens (including phenoxy) is 2. The van der Waals surface area contributed by atoms with Crippen molar-refractivity contribution in [3.63, 3.8) is 0 Å². The Morgan fingerprint density at radius 3 is 2.45 bits per heavy atom. The number of carbonyl (C=O) groups is 3. The minimum Gasteiger partial charge on any atom is -0.490 e. The fraction of sp³-hybridized carbons (Fsp3) is 0.227. The lowest BCUT2D eigenvalue weighted by atomic mass is 10.1. The number of carbonyl (C=O) groups excluding carboxylic acids is 3. The fourth-order valence-corrected chi connectivity index (χ4v) is 3.24. The monoisotopic (exact) mass is 487 g/mol. The Hall–Kier alpha value is -3.33. The lowest BCUT2D eigenvalue weighted by molar-refractivity contribution is -0.122. The highest BCUT2D eigenvalue weighted by atomic mass is 79.9. The number of hydrogen-bond acceptors (Lipinski definition) is 5. The highest BCUT2D eigenvalue weighted by Gasteiger charge is 2.30. The SMILES string of the molecule is CCOc1cc(/C=C2/NC(=O)N(C)C2=O)c(Br)cc1OCC(=O)Nc1ccc(C)cc1. The van der Waals surface area contributed by atoms with E-state index in [9.17, 15) is 14.4 Å². The number of amides is 4. The van der Waals surface area contributed by atoms with Gasteiger partial charge in [-0.05, 0) is 49.8 Å². The number of aryl methyl sites for hydroxylation is 1. The number of imide groups is 1. The molecule has 1 aliphatic rings. The second-order valence-corrected chi connectivity index (χ2v) is 7.66. The van der Waals surface area contributed by atoms with Gasteiger partial charge in [0.25, 0.3) is 11.8 Å². The van der Waals surface area contributed by atoms with Crippen molar-refractivity contribution >= 4 is 45.5 Å². The molecule has 8 nitrogen and oxygen atoms in total. The van der Waals surface area contributed by atoms with Crippen molar-refractivity contribution in [2.24, 2.45) is 0 Å². The molecule has 0 aliphatic carbocycles. The first-order chi connectivity index (χ1) is 14.8. The molecular weight excluding hydrogens is 466 g/mol. The quantitative estimate of drug-likeness (QED) is 0.458. The van der Waals surface area contributed by atoms with Crippen LogP contribution in [0.4, 0.5) is 10.5 Å². The van der Waals surface area contributed by atoms with Crippen molar-refractivity contribution in [3.8, 4) is 11.5 Å². The minimum absolute atomic E-state index is 0.154. The molecule has 1 aliphatic heterocycles. The van der Waals surface area contributed by atoms with E-state index in [4.69, 9.17) is 9.47 Å². The number of rotatable bonds is 7. The maximum absolute atomic E-state index is 12.2. The molecule has 1 fully saturated rings. The summed E-state index contributed by atoms with van der Waals surface area (Å²) in [5.74, 6) is 0.0403. The number of nitrogens with zero attached hydrogens (tertiary/aromatic N) is 1. The van der Waals surface area contributed by atoms with E-state index >= 15 is 0 Å². The van der Waals surface area contributed by atoms with Crippen LogP contribution in [0, 0.1) is 6.92 Å². The molecule has 2 aromatic carbocycles. The van der Waals surface area contributed by atoms with Crippen LogP contribution in [0.5, 0.6) is 11.5 Å². The Balaban J connectivity index is 1.75. The van der Waals surface area contributed by atoms with E-state index < -0.39 is 11.9 Å². The molecule has 0 spiro atoms. The highest BCUT2D eigenvalue weighted by Crippen LogP contribution is 2.35. The lowest BCUT2D eigenvalue weighted by Crippen LogP contribution is -2.25. The normalized spacial score (nSPS) is 14.6. The zero-order valence-electron chi connectivity index (χ0n) is 17.3. The van der Waals surface area contributed by atoms with Crippen LogP contribution in [-0.4, -0.2) is 43.0 Å². The molecule has 9 heteroatoms. The summed E-state index contributed by atoms with van der Waals surface area (Å²) in [6.07, 6.45) is 1.55. The zero-order valence-corrected chi connectivity index (χ0v) is 18.9. The number of nitrogens with one attached hydrogen (secondary N) is 2. The van der Waals surface area contributed by atoms with E-state index in [0.29, 0.717) is 33.8 Å². The van der Waals surface area contributed by atoms with E-state index in [-0.39, 0.29) is 18.2 Å². The molecule has 4 amide bonds. The number of likely N-dealkylation sites (N-methyl/N-ethyl adjacent to an activating group) is 1. The van der Waals surface area contributed by atoms with Crippen LogP contribution >= 0.6 is 15.9 Å². The summed E-state index contributed by atoms with van der Waals surface area (Å²) in [6, 6.07) is 10.3. The summed E-state index contributed by atoms with van der Waals surface area (Å²) in [7, 11) is 1.40. The number of benzene rings is 2. The second-order valence-electron chi connectivity index (χ2n) is 6.81. The molecule has 0 saturated carbocycles. The van der Waals surface area contributed by atoms with Gasteiger partial charge >= 0.3 is 6.03 Å². The molecule has 3 rings (SSSR count). The first kappa shape index (κ1) is 22.4. The van der Waals surface area contributed by atoms with E-state index in [1.165, 1.54) is 7.05 Å². The van der Waals surface area contributed by atoms with Gasteiger partial charge in [0.2, 0.25) is 0 Å². The van der Waals surface area contributed by atoms with Gasteiger partial charge < -0.3 is 20.1 Å². The van der Waals surface area contributed by atoms with Gasteiger partial charge in [-0.3, -0.25) is 14.5 Å². The van der Waals surface area contributed by atoms with Crippen molar-refractivity contribution in [1.82, 2.24) is 10.2 Å². The maximum Gasteiger partial charge on any atom is 0.328 e. The molecule has 31 heavy (non-hydrogen) atoms. The Morgan fingerprint density at radius 2 is 1.84 bits per heavy atom. The number of hydrogen-bond donors (Lipinski definition) is 2. The molecule has 0 radical (unpaired) electrons. The van der Waals surface area contributed by atoms with Crippen LogP contribution in [0.3, 0.4) is 0 Å². The molecule has 162 valence electrons. The Labute approximate surface area is 188 Å². The van der Waals surface area contributed by atoms with Crippen LogP contribution in [0.1, 0.15) is 18.1 Å². The van der Waals surface area contributed by atoms with E-state index in [2.05, 4.69) is 26.6 Å². The van der Waals surface area contributed by atoms with Gasteiger partial charge in [-0.2, -0.15) is 0 Å².